The fourth-order valence-electron chi connectivity index (χ4n) is 4.85. The Labute approximate surface area is 217 Å². The fourth-order valence-corrected chi connectivity index (χ4v) is 4.85. The lowest BCUT2D eigenvalue weighted by Gasteiger charge is -2.34. The summed E-state index contributed by atoms with van der Waals surface area (Å²) in [6, 6.07) is 16.4. The van der Waals surface area contributed by atoms with Crippen LogP contribution in [-0.4, -0.2) is 77.4 Å². The molecule has 0 radical (unpaired) electrons. The van der Waals surface area contributed by atoms with E-state index in [4.69, 9.17) is 9.84 Å². The zero-order chi connectivity index (χ0) is 25.6. The number of anilines is 2. The number of aryl methyl sites for hydroxylation is 1. The highest BCUT2D eigenvalue weighted by Gasteiger charge is 2.16. The van der Waals surface area contributed by atoms with Crippen LogP contribution in [0.1, 0.15) is 11.1 Å². The fraction of sp³-hybridized carbons (Fsp3) is 0.310. The number of benzene rings is 2. The van der Waals surface area contributed by atoms with Gasteiger partial charge in [0.1, 0.15) is 18.4 Å². The summed E-state index contributed by atoms with van der Waals surface area (Å²) in [5, 5.41) is 23.5. The monoisotopic (exact) mass is 496 g/mol. The molecule has 3 heterocycles. The molecule has 0 amide bonds. The largest absolute Gasteiger partial charge is 0.492 e. The van der Waals surface area contributed by atoms with Crippen LogP contribution < -0.4 is 10.1 Å². The van der Waals surface area contributed by atoms with Crippen molar-refractivity contribution in [2.45, 2.75) is 6.92 Å². The van der Waals surface area contributed by atoms with Gasteiger partial charge in [-0.2, -0.15) is 5.26 Å². The van der Waals surface area contributed by atoms with Crippen LogP contribution in [0, 0.1) is 18.3 Å². The number of aromatic nitrogens is 2. The molecular weight excluding hydrogens is 464 g/mol. The molecule has 8 heteroatoms. The molecular formula is C29H32N6O2. The highest BCUT2D eigenvalue weighted by Crippen LogP contribution is 2.35. The quantitative estimate of drug-likeness (QED) is 0.320. The minimum atomic E-state index is 0.219. The van der Waals surface area contributed by atoms with Crippen molar-refractivity contribution < 1.29 is 9.84 Å². The van der Waals surface area contributed by atoms with E-state index < -0.39 is 0 Å². The van der Waals surface area contributed by atoms with E-state index in [-0.39, 0.29) is 6.61 Å². The Morgan fingerprint density at radius 3 is 2.51 bits per heavy atom. The summed E-state index contributed by atoms with van der Waals surface area (Å²) in [6.07, 6.45) is 5.32. The molecule has 4 aromatic rings. The third-order valence-corrected chi connectivity index (χ3v) is 7.05. The average Bonchev–Trinajstić information content (AvgIpc) is 3.42. The lowest BCUT2D eigenvalue weighted by atomic mass is 10.0. The van der Waals surface area contributed by atoms with E-state index in [1.807, 2.05) is 42.6 Å². The number of rotatable bonds is 9. The van der Waals surface area contributed by atoms with Crippen molar-refractivity contribution in [3.05, 3.63) is 72.2 Å². The molecule has 0 bridgehead atoms. The second kappa shape index (κ2) is 11.4. The maximum atomic E-state index is 9.79. The number of fused-ring (bicyclic) bond motifs is 1. The number of nitrogens with zero attached hydrogens (tertiary/aromatic N) is 4. The van der Waals surface area contributed by atoms with Gasteiger partial charge in [0.15, 0.2) is 0 Å². The first-order valence-electron chi connectivity index (χ1n) is 12.7. The van der Waals surface area contributed by atoms with E-state index in [1.165, 1.54) is 0 Å². The standard InChI is InChI=1S/C29H32N6O2/c1-21-25-8-9-32-28(25)7-6-27(21)33-29-23(18-30)19-31-20-26(29)22-2-4-24(5-3-22)37-17-15-35-12-10-34(11-13-35)14-16-36/h2-9,19-20,32,36H,10-17H2,1H3,(H,31,33). The first kappa shape index (κ1) is 24.8. The number of nitrogens with one attached hydrogen (secondary N) is 2. The first-order chi connectivity index (χ1) is 18.2. The second-order valence-electron chi connectivity index (χ2n) is 9.30. The molecule has 0 saturated carbocycles. The number of hydrogen-bond donors (Lipinski definition) is 3. The van der Waals surface area contributed by atoms with Crippen LogP contribution in [0.15, 0.2) is 61.1 Å². The Morgan fingerprint density at radius 1 is 1.03 bits per heavy atom. The maximum Gasteiger partial charge on any atom is 0.119 e. The van der Waals surface area contributed by atoms with Gasteiger partial charge in [-0.25, -0.2) is 0 Å². The van der Waals surface area contributed by atoms with Gasteiger partial charge in [0.2, 0.25) is 0 Å². The zero-order valence-electron chi connectivity index (χ0n) is 21.1. The number of aliphatic hydroxyl groups is 1. The van der Waals surface area contributed by atoms with E-state index in [0.29, 0.717) is 12.2 Å². The summed E-state index contributed by atoms with van der Waals surface area (Å²) in [6.45, 7) is 8.51. The summed E-state index contributed by atoms with van der Waals surface area (Å²) >= 11 is 0. The van der Waals surface area contributed by atoms with Crippen molar-refractivity contribution in [1.29, 1.82) is 5.26 Å². The molecule has 37 heavy (non-hydrogen) atoms. The normalized spacial score (nSPS) is 14.5. The average molecular weight is 497 g/mol. The Balaban J connectivity index is 1.27. The van der Waals surface area contributed by atoms with Gasteiger partial charge in [-0.3, -0.25) is 14.8 Å². The van der Waals surface area contributed by atoms with Crippen LogP contribution in [0.5, 0.6) is 5.75 Å². The number of piperazine rings is 1. The Kier molecular flexibility index (Phi) is 7.66. The lowest BCUT2D eigenvalue weighted by molar-refractivity contribution is 0.102. The summed E-state index contributed by atoms with van der Waals surface area (Å²) in [5.41, 5.74) is 6.20. The lowest BCUT2D eigenvalue weighted by Crippen LogP contribution is -2.48. The highest BCUT2D eigenvalue weighted by molar-refractivity contribution is 5.91. The van der Waals surface area contributed by atoms with Gasteiger partial charge in [-0.05, 0) is 48.4 Å². The Bertz CT molecular complexity index is 1380. The van der Waals surface area contributed by atoms with Crippen molar-refractivity contribution in [2.24, 2.45) is 0 Å². The molecule has 1 fully saturated rings. The van der Waals surface area contributed by atoms with Gasteiger partial charge in [-0.15, -0.1) is 0 Å². The molecule has 2 aromatic carbocycles. The Hall–Kier alpha value is -3.90. The zero-order valence-corrected chi connectivity index (χ0v) is 21.1. The van der Waals surface area contributed by atoms with Crippen molar-refractivity contribution >= 4 is 22.3 Å². The number of H-pyrrole nitrogens is 1. The van der Waals surface area contributed by atoms with Gasteiger partial charge in [-0.1, -0.05) is 12.1 Å². The summed E-state index contributed by atoms with van der Waals surface area (Å²) in [5.74, 6) is 0.815. The third kappa shape index (κ3) is 5.59. The highest BCUT2D eigenvalue weighted by atomic mass is 16.5. The van der Waals surface area contributed by atoms with E-state index in [0.717, 1.165) is 84.0 Å². The minimum absolute atomic E-state index is 0.219. The number of pyridine rings is 1. The van der Waals surface area contributed by atoms with Gasteiger partial charge in [0.25, 0.3) is 0 Å². The molecule has 1 aliphatic rings. The van der Waals surface area contributed by atoms with Crippen molar-refractivity contribution in [2.75, 3.05) is 57.8 Å². The number of hydrogen-bond acceptors (Lipinski definition) is 7. The number of aliphatic hydroxyl groups excluding tert-OH is 1. The second-order valence-corrected chi connectivity index (χ2v) is 9.30. The third-order valence-electron chi connectivity index (χ3n) is 7.05. The van der Waals surface area contributed by atoms with Crippen LogP contribution in [-0.2, 0) is 0 Å². The molecule has 1 saturated heterocycles. The van der Waals surface area contributed by atoms with E-state index >= 15 is 0 Å². The van der Waals surface area contributed by atoms with Gasteiger partial charge in [0.05, 0.1) is 17.9 Å². The van der Waals surface area contributed by atoms with Crippen LogP contribution in [0.3, 0.4) is 0 Å². The van der Waals surface area contributed by atoms with E-state index in [9.17, 15) is 5.26 Å². The minimum Gasteiger partial charge on any atom is -0.492 e. The van der Waals surface area contributed by atoms with Crippen molar-refractivity contribution in [3.8, 4) is 22.9 Å². The van der Waals surface area contributed by atoms with Crippen molar-refractivity contribution in [1.82, 2.24) is 19.8 Å². The number of ether oxygens (including phenoxy) is 1. The molecule has 0 unspecified atom stereocenters. The molecule has 1 aliphatic heterocycles. The smallest absolute Gasteiger partial charge is 0.119 e. The molecule has 2 aromatic heterocycles. The summed E-state index contributed by atoms with van der Waals surface area (Å²) in [4.78, 5) is 12.2. The number of aromatic amines is 1. The van der Waals surface area contributed by atoms with E-state index in [1.54, 1.807) is 12.4 Å². The number of nitriles is 1. The topological polar surface area (TPSA) is 100 Å². The van der Waals surface area contributed by atoms with Crippen LogP contribution in [0.4, 0.5) is 11.4 Å². The first-order valence-corrected chi connectivity index (χ1v) is 12.7. The van der Waals surface area contributed by atoms with Crippen LogP contribution in [0.2, 0.25) is 0 Å². The molecule has 8 nitrogen and oxygen atoms in total. The SMILES string of the molecule is Cc1c(Nc2c(C#N)cncc2-c2ccc(OCCN3CCN(CCO)CC3)cc2)ccc2[nH]ccc12. The predicted octanol–water partition coefficient (Wildman–Crippen LogP) is 4.14. The molecule has 5 rings (SSSR count). The molecule has 0 atom stereocenters. The maximum absolute atomic E-state index is 9.79. The summed E-state index contributed by atoms with van der Waals surface area (Å²) < 4.78 is 6.01. The van der Waals surface area contributed by atoms with Gasteiger partial charge >= 0.3 is 0 Å². The Morgan fingerprint density at radius 2 is 1.78 bits per heavy atom. The van der Waals surface area contributed by atoms with E-state index in [2.05, 4.69) is 44.1 Å². The molecule has 3 N–H and O–H groups in total. The van der Waals surface area contributed by atoms with Gasteiger partial charge < -0.3 is 20.1 Å². The van der Waals surface area contributed by atoms with Crippen LogP contribution >= 0.6 is 0 Å². The number of β-amino-alcohol motifs (C(OH)–C–C–N with tert-alkyl or cyclic N) is 1. The van der Waals surface area contributed by atoms with Crippen LogP contribution in [0.25, 0.3) is 22.0 Å². The predicted molar refractivity (Wildman–Crippen MR) is 146 cm³/mol. The van der Waals surface area contributed by atoms with Gasteiger partial charge in [0, 0.05) is 80.0 Å². The molecule has 0 aliphatic carbocycles. The molecule has 190 valence electrons. The molecule has 0 spiro atoms. The van der Waals surface area contributed by atoms with Crippen molar-refractivity contribution in [3.63, 3.8) is 0 Å². The summed E-state index contributed by atoms with van der Waals surface area (Å²) in [7, 11) is 0.